The molecule has 0 unspecified atom stereocenters. The van der Waals surface area contributed by atoms with Crippen molar-refractivity contribution >= 4 is 11.6 Å². The molecule has 5 nitrogen and oxygen atoms in total. The van der Waals surface area contributed by atoms with Crippen molar-refractivity contribution in [2.45, 2.75) is 52.0 Å². The highest BCUT2D eigenvalue weighted by Crippen LogP contribution is 2.35. The molecule has 0 aliphatic heterocycles. The highest BCUT2D eigenvalue weighted by atomic mass is 16.3. The number of rotatable bonds is 5. The molecule has 112 valence electrons. The quantitative estimate of drug-likeness (QED) is 0.772. The smallest absolute Gasteiger partial charge is 0.134 e. The normalized spacial score (nSPS) is 26.3. The van der Waals surface area contributed by atoms with Gasteiger partial charge in [-0.1, -0.05) is 6.92 Å². The van der Waals surface area contributed by atoms with E-state index < -0.39 is 0 Å². The molecule has 1 aromatic heterocycles. The van der Waals surface area contributed by atoms with E-state index in [-0.39, 0.29) is 12.1 Å². The number of hydrogen-bond donors (Lipinski definition) is 3. The Balaban J connectivity index is 2.17. The lowest BCUT2D eigenvalue weighted by Crippen LogP contribution is -2.45. The maximum absolute atomic E-state index is 9.83. The summed E-state index contributed by atoms with van der Waals surface area (Å²) in [5, 5.41) is 16.6. The zero-order valence-corrected chi connectivity index (χ0v) is 12.7. The van der Waals surface area contributed by atoms with Crippen LogP contribution in [0.2, 0.25) is 0 Å². The molecule has 20 heavy (non-hydrogen) atoms. The Hall–Kier alpha value is -1.36. The molecule has 1 aliphatic rings. The van der Waals surface area contributed by atoms with E-state index in [0.29, 0.717) is 0 Å². The first-order valence-electron chi connectivity index (χ1n) is 7.55. The Morgan fingerprint density at radius 1 is 1.30 bits per heavy atom. The fourth-order valence-corrected chi connectivity index (χ4v) is 2.81. The van der Waals surface area contributed by atoms with Crippen molar-refractivity contribution in [2.24, 2.45) is 5.92 Å². The van der Waals surface area contributed by atoms with Crippen LogP contribution in [0.1, 0.15) is 45.1 Å². The van der Waals surface area contributed by atoms with Gasteiger partial charge in [-0.25, -0.2) is 9.97 Å². The maximum Gasteiger partial charge on any atom is 0.134 e. The van der Waals surface area contributed by atoms with Gasteiger partial charge in [-0.3, -0.25) is 0 Å². The van der Waals surface area contributed by atoms with Gasteiger partial charge in [0.15, 0.2) is 0 Å². The van der Waals surface area contributed by atoms with Crippen LogP contribution in [0.3, 0.4) is 0 Å². The highest BCUT2D eigenvalue weighted by molar-refractivity contribution is 5.57. The van der Waals surface area contributed by atoms with Gasteiger partial charge in [0.2, 0.25) is 0 Å². The monoisotopic (exact) mass is 278 g/mol. The van der Waals surface area contributed by atoms with Gasteiger partial charge in [0.1, 0.15) is 18.0 Å². The predicted octanol–water partition coefficient (Wildman–Crippen LogP) is 2.57. The largest absolute Gasteiger partial charge is 0.394 e. The van der Waals surface area contributed by atoms with Gasteiger partial charge < -0.3 is 15.7 Å². The minimum atomic E-state index is -0.227. The van der Waals surface area contributed by atoms with Crippen molar-refractivity contribution < 1.29 is 5.11 Å². The highest BCUT2D eigenvalue weighted by Gasteiger charge is 2.34. The second kappa shape index (κ2) is 6.39. The van der Waals surface area contributed by atoms with Crippen LogP contribution in [0, 0.1) is 12.8 Å². The van der Waals surface area contributed by atoms with Gasteiger partial charge in [-0.05, 0) is 45.4 Å². The second-order valence-corrected chi connectivity index (χ2v) is 5.97. The number of hydrogen-bond acceptors (Lipinski definition) is 5. The number of aliphatic hydroxyl groups is 1. The summed E-state index contributed by atoms with van der Waals surface area (Å²) in [5.41, 5.74) is 0.788. The molecule has 0 bridgehead atoms. The first-order valence-corrected chi connectivity index (χ1v) is 7.55. The summed E-state index contributed by atoms with van der Waals surface area (Å²) in [4.78, 5) is 8.61. The SMILES string of the molecule is CCNc1ncnc(NC2(CO)CCC(C)CC2)c1C. The molecule has 0 aromatic carbocycles. The van der Waals surface area contributed by atoms with E-state index in [4.69, 9.17) is 0 Å². The van der Waals surface area contributed by atoms with Gasteiger partial charge in [0.25, 0.3) is 0 Å². The molecule has 0 atom stereocenters. The minimum Gasteiger partial charge on any atom is -0.394 e. The van der Waals surface area contributed by atoms with E-state index in [0.717, 1.165) is 55.3 Å². The summed E-state index contributed by atoms with van der Waals surface area (Å²) in [7, 11) is 0. The van der Waals surface area contributed by atoms with E-state index in [1.807, 2.05) is 13.8 Å². The third-order valence-electron chi connectivity index (χ3n) is 4.35. The number of anilines is 2. The molecule has 0 amide bonds. The number of aromatic nitrogens is 2. The molecule has 1 aliphatic carbocycles. The maximum atomic E-state index is 9.83. The average molecular weight is 278 g/mol. The summed E-state index contributed by atoms with van der Waals surface area (Å²) < 4.78 is 0. The molecule has 1 saturated carbocycles. The third kappa shape index (κ3) is 3.20. The first-order chi connectivity index (χ1) is 9.60. The van der Waals surface area contributed by atoms with Crippen LogP contribution in [0.4, 0.5) is 11.6 Å². The van der Waals surface area contributed by atoms with Gasteiger partial charge in [0, 0.05) is 12.1 Å². The second-order valence-electron chi connectivity index (χ2n) is 5.97. The Kier molecular flexibility index (Phi) is 4.81. The zero-order chi connectivity index (χ0) is 14.6. The first kappa shape index (κ1) is 15.0. The number of nitrogens with zero attached hydrogens (tertiary/aromatic N) is 2. The van der Waals surface area contributed by atoms with E-state index >= 15 is 0 Å². The molecule has 0 radical (unpaired) electrons. The summed E-state index contributed by atoms with van der Waals surface area (Å²) in [6, 6.07) is 0. The van der Waals surface area contributed by atoms with Crippen LogP contribution >= 0.6 is 0 Å². The van der Waals surface area contributed by atoms with E-state index in [9.17, 15) is 5.11 Å². The van der Waals surface area contributed by atoms with Crippen molar-refractivity contribution in [2.75, 3.05) is 23.8 Å². The van der Waals surface area contributed by atoms with Crippen molar-refractivity contribution in [3.8, 4) is 0 Å². The molecule has 5 heteroatoms. The van der Waals surface area contributed by atoms with Crippen LogP contribution in [-0.4, -0.2) is 33.8 Å². The van der Waals surface area contributed by atoms with Gasteiger partial charge in [0.05, 0.1) is 12.1 Å². The number of nitrogens with one attached hydrogen (secondary N) is 2. The van der Waals surface area contributed by atoms with E-state index in [2.05, 4.69) is 27.5 Å². The average Bonchev–Trinajstić information content (AvgIpc) is 2.46. The summed E-state index contributed by atoms with van der Waals surface area (Å²) in [6.45, 7) is 7.32. The lowest BCUT2D eigenvalue weighted by atomic mass is 9.77. The Labute approximate surface area is 121 Å². The fraction of sp³-hybridized carbons (Fsp3) is 0.733. The Morgan fingerprint density at radius 3 is 2.55 bits per heavy atom. The molecule has 0 spiro atoms. The van der Waals surface area contributed by atoms with Gasteiger partial charge in [-0.2, -0.15) is 0 Å². The van der Waals surface area contributed by atoms with Crippen LogP contribution in [-0.2, 0) is 0 Å². The lowest BCUT2D eigenvalue weighted by Gasteiger charge is -2.39. The molecule has 2 rings (SSSR count). The van der Waals surface area contributed by atoms with Crippen molar-refractivity contribution in [1.29, 1.82) is 0 Å². The van der Waals surface area contributed by atoms with Gasteiger partial charge in [-0.15, -0.1) is 0 Å². The Morgan fingerprint density at radius 2 is 1.95 bits per heavy atom. The van der Waals surface area contributed by atoms with Crippen LogP contribution in [0.25, 0.3) is 0 Å². The van der Waals surface area contributed by atoms with Crippen molar-refractivity contribution in [1.82, 2.24) is 9.97 Å². The number of aliphatic hydroxyl groups excluding tert-OH is 1. The third-order valence-corrected chi connectivity index (χ3v) is 4.35. The minimum absolute atomic E-state index is 0.152. The summed E-state index contributed by atoms with van der Waals surface area (Å²) >= 11 is 0. The molecule has 1 aromatic rings. The molecule has 1 heterocycles. The molecular formula is C15H26N4O. The van der Waals surface area contributed by atoms with Crippen LogP contribution < -0.4 is 10.6 Å². The summed E-state index contributed by atoms with van der Waals surface area (Å²) in [5.74, 6) is 2.45. The zero-order valence-electron chi connectivity index (χ0n) is 12.7. The molecule has 1 fully saturated rings. The lowest BCUT2D eigenvalue weighted by molar-refractivity contribution is 0.155. The molecule has 3 N–H and O–H groups in total. The van der Waals surface area contributed by atoms with Crippen LogP contribution in [0.15, 0.2) is 6.33 Å². The molecule has 0 saturated heterocycles. The molecular weight excluding hydrogens is 252 g/mol. The van der Waals surface area contributed by atoms with E-state index in [1.54, 1.807) is 6.33 Å². The fourth-order valence-electron chi connectivity index (χ4n) is 2.81. The summed E-state index contributed by atoms with van der Waals surface area (Å²) in [6.07, 6.45) is 5.86. The topological polar surface area (TPSA) is 70.1 Å². The standard InChI is InChI=1S/C15H26N4O/c1-4-16-13-12(3)14(18-10-17-13)19-15(9-20)7-5-11(2)6-8-15/h10-11,20H,4-9H2,1-3H3,(H2,16,17,18,19). The Bertz CT molecular complexity index is 441. The van der Waals surface area contributed by atoms with Crippen molar-refractivity contribution in [3.63, 3.8) is 0 Å². The predicted molar refractivity (Wildman–Crippen MR) is 82.0 cm³/mol. The van der Waals surface area contributed by atoms with Gasteiger partial charge >= 0.3 is 0 Å². The van der Waals surface area contributed by atoms with Crippen LogP contribution in [0.5, 0.6) is 0 Å². The van der Waals surface area contributed by atoms with E-state index in [1.165, 1.54) is 0 Å². The van der Waals surface area contributed by atoms with Crippen molar-refractivity contribution in [3.05, 3.63) is 11.9 Å².